The molecule has 1 aromatic carbocycles. The molecule has 0 radical (unpaired) electrons. The summed E-state index contributed by atoms with van der Waals surface area (Å²) in [6.45, 7) is 3.33. The first-order valence-corrected chi connectivity index (χ1v) is 10.2. The zero-order valence-electron chi connectivity index (χ0n) is 15.3. The number of H-pyrrole nitrogens is 1. The molecule has 146 valence electrons. The summed E-state index contributed by atoms with van der Waals surface area (Å²) in [7, 11) is -3.31. The highest BCUT2D eigenvalue weighted by atomic mass is 32.2. The molecule has 0 saturated carbocycles. The van der Waals surface area contributed by atoms with Gasteiger partial charge in [-0.15, -0.1) is 0 Å². The molecule has 0 atom stereocenters. The van der Waals surface area contributed by atoms with E-state index in [-0.39, 0.29) is 2.85 Å². The van der Waals surface area contributed by atoms with Crippen LogP contribution < -0.4 is 5.73 Å². The van der Waals surface area contributed by atoms with Crippen LogP contribution in [0.2, 0.25) is 0 Å². The van der Waals surface area contributed by atoms with Crippen molar-refractivity contribution < 1.29 is 11.3 Å². The number of aromatic amines is 1. The van der Waals surface area contributed by atoms with Gasteiger partial charge in [0, 0.05) is 20.2 Å². The lowest BCUT2D eigenvalue weighted by Gasteiger charge is -2.08. The van der Waals surface area contributed by atoms with Gasteiger partial charge >= 0.3 is 0 Å². The van der Waals surface area contributed by atoms with Crippen molar-refractivity contribution in [2.75, 3.05) is 5.73 Å². The molecule has 0 bridgehead atoms. The van der Waals surface area contributed by atoms with Gasteiger partial charge < -0.3 is 10.7 Å². The van der Waals surface area contributed by atoms with Crippen molar-refractivity contribution in [3.63, 3.8) is 0 Å². The Bertz CT molecular complexity index is 1260. The number of fused-ring (bicyclic) bond motifs is 1. The highest BCUT2D eigenvalue weighted by Crippen LogP contribution is 2.27. The van der Waals surface area contributed by atoms with Crippen molar-refractivity contribution >= 4 is 26.8 Å². The number of hydrogen-bond donors (Lipinski definition) is 2. The SMILES string of the molecule is CC(C)S(=O)(=O)c1ccc(-c2cnc3[nH]cc(-c4cnc(N)cn4)c3n2)cc1.[HH].[HH]. The van der Waals surface area contributed by atoms with E-state index >= 15 is 0 Å². The van der Waals surface area contributed by atoms with E-state index in [2.05, 4.69) is 24.9 Å². The number of sulfone groups is 1. The number of nitrogens with one attached hydrogen (secondary N) is 1. The highest BCUT2D eigenvalue weighted by Gasteiger charge is 2.19. The van der Waals surface area contributed by atoms with Crippen LogP contribution in [0.4, 0.5) is 5.82 Å². The van der Waals surface area contributed by atoms with Gasteiger partial charge in [-0.25, -0.2) is 23.4 Å². The summed E-state index contributed by atoms with van der Waals surface area (Å²) in [4.78, 5) is 20.8. The zero-order valence-corrected chi connectivity index (χ0v) is 16.1. The first-order valence-electron chi connectivity index (χ1n) is 8.62. The molecule has 9 heteroatoms. The molecule has 3 N–H and O–H groups in total. The number of nitrogen functional groups attached to an aromatic ring is 1. The van der Waals surface area contributed by atoms with Crippen LogP contribution in [-0.2, 0) is 9.84 Å². The summed E-state index contributed by atoms with van der Waals surface area (Å²) in [5, 5.41) is -0.474. The van der Waals surface area contributed by atoms with Gasteiger partial charge in [-0.05, 0) is 26.0 Å². The number of nitrogens with two attached hydrogens (primary N) is 1. The largest absolute Gasteiger partial charge is 0.382 e. The van der Waals surface area contributed by atoms with Crippen LogP contribution in [0.25, 0.3) is 33.7 Å². The van der Waals surface area contributed by atoms with E-state index < -0.39 is 15.1 Å². The van der Waals surface area contributed by atoms with Gasteiger partial charge in [0.25, 0.3) is 0 Å². The van der Waals surface area contributed by atoms with E-state index in [9.17, 15) is 8.42 Å². The van der Waals surface area contributed by atoms with Crippen LogP contribution in [0, 0.1) is 0 Å². The van der Waals surface area contributed by atoms with Crippen LogP contribution in [0.5, 0.6) is 0 Å². The second-order valence-electron chi connectivity index (χ2n) is 6.60. The van der Waals surface area contributed by atoms with Crippen LogP contribution in [-0.4, -0.2) is 38.6 Å². The minimum Gasteiger partial charge on any atom is -0.382 e. The van der Waals surface area contributed by atoms with E-state index in [1.807, 2.05) is 0 Å². The van der Waals surface area contributed by atoms with Crippen LogP contribution >= 0.6 is 0 Å². The van der Waals surface area contributed by atoms with Gasteiger partial charge in [0.05, 0.1) is 40.1 Å². The predicted molar refractivity (Wildman–Crippen MR) is 111 cm³/mol. The Morgan fingerprint density at radius 3 is 2.36 bits per heavy atom. The Kier molecular flexibility index (Phi) is 4.31. The number of benzene rings is 1. The minimum absolute atomic E-state index is 0. The van der Waals surface area contributed by atoms with E-state index in [4.69, 9.17) is 5.73 Å². The summed E-state index contributed by atoms with van der Waals surface area (Å²) in [5.74, 6) is 0.340. The molecule has 0 aliphatic heterocycles. The fourth-order valence-corrected chi connectivity index (χ4v) is 3.85. The quantitative estimate of drug-likeness (QED) is 0.539. The molecule has 28 heavy (non-hydrogen) atoms. The standard InChI is InChI=1S/C19H18N6O2S.2H2/c1-11(2)28(26,27)13-5-3-12(4-6-13)15-8-24-19-18(25-15)14(7-23-19)16-9-22-17(20)10-21-16;;/h3-11H,1-2H3,(H2,20,22)(H,23,24);2*1H. The average Bonchev–Trinajstić information content (AvgIpc) is 3.12. The number of nitrogens with zero attached hydrogens (tertiary/aromatic N) is 4. The van der Waals surface area contributed by atoms with Crippen LogP contribution in [0.3, 0.4) is 0 Å². The van der Waals surface area contributed by atoms with Gasteiger partial charge in [0.2, 0.25) is 0 Å². The third-order valence-electron chi connectivity index (χ3n) is 4.43. The molecule has 0 unspecified atom stereocenters. The van der Waals surface area contributed by atoms with Crippen molar-refractivity contribution in [1.82, 2.24) is 24.9 Å². The lowest BCUT2D eigenvalue weighted by molar-refractivity contribution is 0.587. The lowest BCUT2D eigenvalue weighted by atomic mass is 10.1. The second-order valence-corrected chi connectivity index (χ2v) is 9.10. The molecule has 0 spiro atoms. The average molecular weight is 398 g/mol. The van der Waals surface area contributed by atoms with Crippen LogP contribution in [0.1, 0.15) is 16.7 Å². The Hall–Kier alpha value is -3.33. The maximum absolute atomic E-state index is 12.3. The van der Waals surface area contributed by atoms with Gasteiger partial charge in [0.1, 0.15) is 11.3 Å². The van der Waals surface area contributed by atoms with Gasteiger partial charge in [-0.3, -0.25) is 4.98 Å². The van der Waals surface area contributed by atoms with E-state index in [0.717, 1.165) is 11.1 Å². The third kappa shape index (κ3) is 3.09. The third-order valence-corrected chi connectivity index (χ3v) is 6.60. The summed E-state index contributed by atoms with van der Waals surface area (Å²) < 4.78 is 24.6. The van der Waals surface area contributed by atoms with E-state index in [1.54, 1.807) is 56.7 Å². The molecule has 0 aliphatic carbocycles. The molecule has 0 aliphatic rings. The topological polar surface area (TPSA) is 128 Å². The van der Waals surface area contributed by atoms with E-state index in [1.165, 1.54) is 6.20 Å². The van der Waals surface area contributed by atoms with Gasteiger partial charge in [-0.2, -0.15) is 0 Å². The van der Waals surface area contributed by atoms with Crippen LogP contribution in [0.15, 0.2) is 53.9 Å². The second kappa shape index (κ2) is 6.68. The fraction of sp³-hybridized carbons (Fsp3) is 0.158. The summed E-state index contributed by atoms with van der Waals surface area (Å²) in [6, 6.07) is 6.67. The molecule has 4 rings (SSSR count). The molecular weight excluding hydrogens is 376 g/mol. The molecule has 3 aromatic heterocycles. The molecule has 0 fully saturated rings. The van der Waals surface area contributed by atoms with Crippen molar-refractivity contribution in [3.05, 3.63) is 49.1 Å². The molecule has 4 aromatic rings. The minimum atomic E-state index is -3.31. The normalized spacial score (nSPS) is 12.0. The monoisotopic (exact) mass is 398 g/mol. The molecule has 3 heterocycles. The maximum atomic E-state index is 12.3. The first kappa shape index (κ1) is 18.1. The summed E-state index contributed by atoms with van der Waals surface area (Å²) in [5.41, 5.74) is 9.66. The predicted octanol–water partition coefficient (Wildman–Crippen LogP) is 3.34. The number of hydrogen-bond acceptors (Lipinski definition) is 7. The molecular formula is C19H22N6O2S. The Morgan fingerprint density at radius 2 is 1.71 bits per heavy atom. The first-order chi connectivity index (χ1) is 13.4. The Labute approximate surface area is 164 Å². The lowest BCUT2D eigenvalue weighted by Crippen LogP contribution is -2.13. The molecule has 0 saturated heterocycles. The van der Waals surface area contributed by atoms with E-state index in [0.29, 0.717) is 33.3 Å². The van der Waals surface area contributed by atoms with Gasteiger partial charge in [-0.1, -0.05) is 12.1 Å². The number of anilines is 1. The van der Waals surface area contributed by atoms with Crippen molar-refractivity contribution in [3.8, 4) is 22.5 Å². The summed E-state index contributed by atoms with van der Waals surface area (Å²) >= 11 is 0. The smallest absolute Gasteiger partial charge is 0.180 e. The Balaban J connectivity index is 0.00000160. The summed E-state index contributed by atoms with van der Waals surface area (Å²) in [6.07, 6.45) is 6.48. The fourth-order valence-electron chi connectivity index (χ4n) is 2.79. The highest BCUT2D eigenvalue weighted by molar-refractivity contribution is 7.92. The molecule has 0 amide bonds. The maximum Gasteiger partial charge on any atom is 0.180 e. The van der Waals surface area contributed by atoms with Crippen molar-refractivity contribution in [1.29, 1.82) is 0 Å². The zero-order chi connectivity index (χ0) is 19.9. The molecule has 8 nitrogen and oxygen atoms in total. The number of aromatic nitrogens is 5. The van der Waals surface area contributed by atoms with Gasteiger partial charge in [0.15, 0.2) is 15.5 Å². The van der Waals surface area contributed by atoms with Crippen molar-refractivity contribution in [2.45, 2.75) is 24.0 Å². The number of rotatable bonds is 4. The van der Waals surface area contributed by atoms with Crippen molar-refractivity contribution in [2.24, 2.45) is 0 Å². The Morgan fingerprint density at radius 1 is 1.00 bits per heavy atom.